The van der Waals surface area contributed by atoms with Crippen LogP contribution in [0.4, 0.5) is 0 Å². The largest absolute Gasteiger partial charge is 0.355 e. The van der Waals surface area contributed by atoms with Gasteiger partial charge in [0.15, 0.2) is 6.29 Å². The third kappa shape index (κ3) is 4.47. The number of rotatable bonds is 7. The fourth-order valence-electron chi connectivity index (χ4n) is 1.98. The molecule has 1 N–H and O–H groups in total. The average molecular weight is 216 g/mol. The molecule has 0 aromatic rings. The first-order valence-electron chi connectivity index (χ1n) is 5.78. The monoisotopic (exact) mass is 216 g/mol. The molecular formula is C11H24N2O2. The van der Waals surface area contributed by atoms with Crippen LogP contribution in [-0.4, -0.2) is 57.6 Å². The van der Waals surface area contributed by atoms with E-state index in [4.69, 9.17) is 9.47 Å². The van der Waals surface area contributed by atoms with Crippen LogP contribution in [0, 0.1) is 0 Å². The Balaban J connectivity index is 2.07. The number of hydrogen-bond donors (Lipinski definition) is 1. The highest BCUT2D eigenvalue weighted by atomic mass is 16.7. The second-order valence-electron chi connectivity index (χ2n) is 4.15. The van der Waals surface area contributed by atoms with Crippen molar-refractivity contribution in [1.29, 1.82) is 0 Å². The van der Waals surface area contributed by atoms with E-state index in [9.17, 15) is 0 Å². The molecule has 1 aliphatic heterocycles. The Bertz CT molecular complexity index is 157. The van der Waals surface area contributed by atoms with Gasteiger partial charge >= 0.3 is 0 Å². The van der Waals surface area contributed by atoms with Gasteiger partial charge in [-0.05, 0) is 32.9 Å². The maximum atomic E-state index is 5.11. The summed E-state index contributed by atoms with van der Waals surface area (Å²) >= 11 is 0. The average Bonchev–Trinajstić information content (AvgIpc) is 2.77. The second-order valence-corrected chi connectivity index (χ2v) is 4.15. The molecule has 4 nitrogen and oxygen atoms in total. The lowest BCUT2D eigenvalue weighted by molar-refractivity contribution is -0.0990. The van der Waals surface area contributed by atoms with Crippen molar-refractivity contribution in [2.75, 3.05) is 40.4 Å². The van der Waals surface area contributed by atoms with Gasteiger partial charge in [-0.3, -0.25) is 4.90 Å². The molecule has 1 rings (SSSR count). The van der Waals surface area contributed by atoms with E-state index in [1.54, 1.807) is 14.2 Å². The summed E-state index contributed by atoms with van der Waals surface area (Å²) in [7, 11) is 3.33. The summed E-state index contributed by atoms with van der Waals surface area (Å²) < 4.78 is 10.2. The van der Waals surface area contributed by atoms with E-state index in [2.05, 4.69) is 17.1 Å². The molecule has 90 valence electrons. The summed E-state index contributed by atoms with van der Waals surface area (Å²) in [5.41, 5.74) is 0. The third-order valence-electron chi connectivity index (χ3n) is 3.04. The lowest BCUT2D eigenvalue weighted by atomic mass is 10.3. The molecule has 1 fully saturated rings. The summed E-state index contributed by atoms with van der Waals surface area (Å²) in [5.74, 6) is 0. The second kappa shape index (κ2) is 7.17. The van der Waals surface area contributed by atoms with Crippen LogP contribution in [0.25, 0.3) is 0 Å². The van der Waals surface area contributed by atoms with E-state index >= 15 is 0 Å². The van der Waals surface area contributed by atoms with E-state index in [1.807, 2.05) is 0 Å². The molecule has 0 saturated carbocycles. The van der Waals surface area contributed by atoms with Crippen LogP contribution in [0.1, 0.15) is 19.8 Å². The van der Waals surface area contributed by atoms with Crippen LogP contribution >= 0.6 is 0 Å². The Morgan fingerprint density at radius 1 is 1.13 bits per heavy atom. The number of likely N-dealkylation sites (tertiary alicyclic amines) is 1. The van der Waals surface area contributed by atoms with Gasteiger partial charge < -0.3 is 14.8 Å². The van der Waals surface area contributed by atoms with Gasteiger partial charge in [0.05, 0.1) is 0 Å². The molecule has 0 aliphatic carbocycles. The predicted molar refractivity (Wildman–Crippen MR) is 60.9 cm³/mol. The molecule has 0 spiro atoms. The van der Waals surface area contributed by atoms with Crippen molar-refractivity contribution < 1.29 is 9.47 Å². The predicted octanol–water partition coefficient (Wildman–Crippen LogP) is 0.679. The summed E-state index contributed by atoms with van der Waals surface area (Å²) in [4.78, 5) is 2.53. The SMILES string of the molecule is COC(CNCC(C)N1CCCC1)OC. The van der Waals surface area contributed by atoms with Gasteiger partial charge in [-0.15, -0.1) is 0 Å². The molecule has 0 radical (unpaired) electrons. The van der Waals surface area contributed by atoms with E-state index in [0.717, 1.165) is 13.1 Å². The Kier molecular flexibility index (Phi) is 6.17. The van der Waals surface area contributed by atoms with Gasteiger partial charge in [0.1, 0.15) is 0 Å². The quantitative estimate of drug-likeness (QED) is 0.635. The zero-order valence-corrected chi connectivity index (χ0v) is 10.2. The van der Waals surface area contributed by atoms with Gasteiger partial charge in [-0.1, -0.05) is 0 Å². The Morgan fingerprint density at radius 2 is 1.73 bits per heavy atom. The van der Waals surface area contributed by atoms with Crippen LogP contribution in [0.2, 0.25) is 0 Å². The minimum atomic E-state index is -0.129. The van der Waals surface area contributed by atoms with Gasteiger partial charge in [0, 0.05) is 33.4 Å². The molecule has 0 aromatic heterocycles. The Morgan fingerprint density at radius 3 is 2.27 bits per heavy atom. The molecule has 1 aliphatic rings. The zero-order valence-electron chi connectivity index (χ0n) is 10.2. The van der Waals surface area contributed by atoms with E-state index in [0.29, 0.717) is 6.04 Å². The molecular weight excluding hydrogens is 192 g/mol. The lowest BCUT2D eigenvalue weighted by Crippen LogP contribution is -2.41. The third-order valence-corrected chi connectivity index (χ3v) is 3.04. The highest BCUT2D eigenvalue weighted by molar-refractivity contribution is 4.74. The number of hydrogen-bond acceptors (Lipinski definition) is 4. The minimum absolute atomic E-state index is 0.129. The van der Waals surface area contributed by atoms with Crippen molar-refractivity contribution in [3.63, 3.8) is 0 Å². The summed E-state index contributed by atoms with van der Waals surface area (Å²) in [6.07, 6.45) is 2.57. The molecule has 0 aromatic carbocycles. The van der Waals surface area contributed by atoms with Crippen molar-refractivity contribution >= 4 is 0 Å². The highest BCUT2D eigenvalue weighted by Gasteiger charge is 2.17. The number of methoxy groups -OCH3 is 2. The maximum Gasteiger partial charge on any atom is 0.169 e. The number of ether oxygens (including phenoxy) is 2. The first kappa shape index (κ1) is 12.9. The normalized spacial score (nSPS) is 20.0. The first-order chi connectivity index (χ1) is 7.27. The van der Waals surface area contributed by atoms with E-state index in [1.165, 1.54) is 25.9 Å². The fourth-order valence-corrected chi connectivity index (χ4v) is 1.98. The Hall–Kier alpha value is -0.160. The lowest BCUT2D eigenvalue weighted by Gasteiger charge is -2.24. The maximum absolute atomic E-state index is 5.11. The van der Waals surface area contributed by atoms with Crippen molar-refractivity contribution in [2.45, 2.75) is 32.1 Å². The van der Waals surface area contributed by atoms with Gasteiger partial charge in [0.25, 0.3) is 0 Å². The first-order valence-corrected chi connectivity index (χ1v) is 5.78. The number of nitrogens with zero attached hydrogens (tertiary/aromatic N) is 1. The van der Waals surface area contributed by atoms with Crippen molar-refractivity contribution in [1.82, 2.24) is 10.2 Å². The van der Waals surface area contributed by atoms with Gasteiger partial charge in [-0.2, -0.15) is 0 Å². The minimum Gasteiger partial charge on any atom is -0.355 e. The molecule has 0 amide bonds. The van der Waals surface area contributed by atoms with Crippen LogP contribution in [0.5, 0.6) is 0 Å². The molecule has 1 heterocycles. The van der Waals surface area contributed by atoms with Crippen LogP contribution in [0.3, 0.4) is 0 Å². The highest BCUT2D eigenvalue weighted by Crippen LogP contribution is 2.10. The van der Waals surface area contributed by atoms with Gasteiger partial charge in [0.2, 0.25) is 0 Å². The van der Waals surface area contributed by atoms with Crippen LogP contribution < -0.4 is 5.32 Å². The Labute approximate surface area is 92.9 Å². The summed E-state index contributed by atoms with van der Waals surface area (Å²) in [6.45, 7) is 6.53. The molecule has 15 heavy (non-hydrogen) atoms. The molecule has 0 bridgehead atoms. The standard InChI is InChI=1S/C11H24N2O2/c1-10(13-6-4-5-7-13)8-12-9-11(14-2)15-3/h10-12H,4-9H2,1-3H3. The smallest absolute Gasteiger partial charge is 0.169 e. The molecule has 1 saturated heterocycles. The van der Waals surface area contributed by atoms with Crippen molar-refractivity contribution in [3.05, 3.63) is 0 Å². The summed E-state index contributed by atoms with van der Waals surface area (Å²) in [5, 5.41) is 3.37. The topological polar surface area (TPSA) is 33.7 Å². The van der Waals surface area contributed by atoms with E-state index < -0.39 is 0 Å². The van der Waals surface area contributed by atoms with E-state index in [-0.39, 0.29) is 6.29 Å². The molecule has 4 heteroatoms. The van der Waals surface area contributed by atoms with Crippen molar-refractivity contribution in [2.24, 2.45) is 0 Å². The van der Waals surface area contributed by atoms with Crippen LogP contribution in [0.15, 0.2) is 0 Å². The van der Waals surface area contributed by atoms with Crippen LogP contribution in [-0.2, 0) is 9.47 Å². The summed E-state index contributed by atoms with van der Waals surface area (Å²) in [6, 6.07) is 0.613. The van der Waals surface area contributed by atoms with Crippen molar-refractivity contribution in [3.8, 4) is 0 Å². The fraction of sp³-hybridized carbons (Fsp3) is 1.00. The number of nitrogens with one attached hydrogen (secondary N) is 1. The zero-order chi connectivity index (χ0) is 11.1. The van der Waals surface area contributed by atoms with Gasteiger partial charge in [-0.25, -0.2) is 0 Å². The molecule has 1 unspecified atom stereocenters. The molecule has 1 atom stereocenters.